The summed E-state index contributed by atoms with van der Waals surface area (Å²) in [6.45, 7) is 0.251. The van der Waals surface area contributed by atoms with Crippen LogP contribution in [0.15, 0.2) is 94.7 Å². The summed E-state index contributed by atoms with van der Waals surface area (Å²) in [4.78, 5) is 14.1. The first-order valence-electron chi connectivity index (χ1n) is 7.61. The van der Waals surface area contributed by atoms with Gasteiger partial charge in [-0.2, -0.15) is 0 Å². The van der Waals surface area contributed by atoms with Crippen LogP contribution in [0.4, 0.5) is 10.5 Å². The molecule has 4 heteroatoms. The summed E-state index contributed by atoms with van der Waals surface area (Å²) in [5.41, 5.74) is 1.70. The molecule has 0 heterocycles. The number of hydrogen-bond donors (Lipinski definition) is 1. The van der Waals surface area contributed by atoms with Crippen molar-refractivity contribution in [1.29, 1.82) is 0 Å². The predicted molar refractivity (Wildman–Crippen MR) is 97.3 cm³/mol. The smallest absolute Gasteiger partial charge is 0.411 e. The molecule has 0 saturated heterocycles. The van der Waals surface area contributed by atoms with E-state index in [0.717, 1.165) is 21.0 Å². The first kappa shape index (κ1) is 16.1. The maximum Gasteiger partial charge on any atom is 0.411 e. The quantitative estimate of drug-likeness (QED) is 0.661. The number of para-hydroxylation sites is 1. The molecule has 3 aromatic carbocycles. The van der Waals surface area contributed by atoms with Crippen LogP contribution in [0.25, 0.3) is 0 Å². The summed E-state index contributed by atoms with van der Waals surface area (Å²) in [6.07, 6.45) is -0.458. The second-order valence-corrected chi connectivity index (χ2v) is 6.21. The molecule has 24 heavy (non-hydrogen) atoms. The lowest BCUT2D eigenvalue weighted by molar-refractivity contribution is 0.155. The van der Waals surface area contributed by atoms with Crippen LogP contribution < -0.4 is 5.32 Å². The van der Waals surface area contributed by atoms with Crippen LogP contribution >= 0.6 is 11.8 Å². The number of rotatable bonds is 5. The summed E-state index contributed by atoms with van der Waals surface area (Å²) in [7, 11) is 0. The van der Waals surface area contributed by atoms with E-state index >= 15 is 0 Å². The van der Waals surface area contributed by atoms with Crippen LogP contribution in [0.2, 0.25) is 0 Å². The third-order valence-electron chi connectivity index (χ3n) is 3.31. The van der Waals surface area contributed by atoms with Gasteiger partial charge in [0.05, 0.1) is 5.69 Å². The standard InChI is InChI=1S/C20H17NO2S/c22-20(23-15-16-9-3-1-4-10-16)21-18-13-7-8-14-19(18)24-17-11-5-2-6-12-17/h1-14H,15H2,(H,21,22). The molecule has 0 radical (unpaired) electrons. The molecule has 3 nitrogen and oxygen atoms in total. The van der Waals surface area contributed by atoms with Gasteiger partial charge in [-0.1, -0.05) is 72.4 Å². The van der Waals surface area contributed by atoms with Gasteiger partial charge in [-0.3, -0.25) is 5.32 Å². The van der Waals surface area contributed by atoms with Crippen LogP contribution in [0.5, 0.6) is 0 Å². The molecule has 0 saturated carbocycles. The van der Waals surface area contributed by atoms with Gasteiger partial charge < -0.3 is 4.74 Å². The Hall–Kier alpha value is -2.72. The second kappa shape index (κ2) is 8.22. The SMILES string of the molecule is O=C(Nc1ccccc1Sc1ccccc1)OCc1ccccc1. The van der Waals surface area contributed by atoms with E-state index in [-0.39, 0.29) is 6.61 Å². The molecule has 1 N–H and O–H groups in total. The van der Waals surface area contributed by atoms with E-state index in [1.54, 1.807) is 11.8 Å². The molecule has 0 fully saturated rings. The lowest BCUT2D eigenvalue weighted by Crippen LogP contribution is -2.14. The Bertz CT molecular complexity index is 791. The molecule has 0 unspecified atom stereocenters. The van der Waals surface area contributed by atoms with Crippen molar-refractivity contribution >= 4 is 23.5 Å². The highest BCUT2D eigenvalue weighted by molar-refractivity contribution is 7.99. The Kier molecular flexibility index (Phi) is 5.53. The Morgan fingerprint density at radius 2 is 1.46 bits per heavy atom. The second-order valence-electron chi connectivity index (χ2n) is 5.10. The summed E-state index contributed by atoms with van der Waals surface area (Å²) in [6, 6.07) is 27.3. The molecule has 3 rings (SSSR count). The van der Waals surface area contributed by atoms with Crippen molar-refractivity contribution in [3.63, 3.8) is 0 Å². The van der Waals surface area contributed by atoms with Gasteiger partial charge in [0.15, 0.2) is 0 Å². The highest BCUT2D eigenvalue weighted by atomic mass is 32.2. The molecule has 0 atom stereocenters. The minimum Gasteiger partial charge on any atom is -0.444 e. The molecule has 0 spiro atoms. The molecule has 0 aliphatic heterocycles. The van der Waals surface area contributed by atoms with Crippen LogP contribution in [-0.2, 0) is 11.3 Å². The van der Waals surface area contributed by atoms with E-state index in [1.807, 2.05) is 84.9 Å². The Morgan fingerprint density at radius 1 is 0.833 bits per heavy atom. The van der Waals surface area contributed by atoms with E-state index in [0.29, 0.717) is 0 Å². The first-order chi connectivity index (χ1) is 11.8. The van der Waals surface area contributed by atoms with Crippen LogP contribution in [-0.4, -0.2) is 6.09 Å². The van der Waals surface area contributed by atoms with E-state index in [9.17, 15) is 4.79 Å². The fourth-order valence-electron chi connectivity index (χ4n) is 2.14. The van der Waals surface area contributed by atoms with Gasteiger partial charge >= 0.3 is 6.09 Å². The lowest BCUT2D eigenvalue weighted by atomic mass is 10.2. The summed E-state index contributed by atoms with van der Waals surface area (Å²) >= 11 is 1.60. The Labute approximate surface area is 145 Å². The molecule has 0 bridgehead atoms. The fourth-order valence-corrected chi connectivity index (χ4v) is 3.07. The summed E-state index contributed by atoms with van der Waals surface area (Å²) < 4.78 is 5.28. The number of anilines is 1. The largest absolute Gasteiger partial charge is 0.444 e. The highest BCUT2D eigenvalue weighted by Crippen LogP contribution is 2.33. The normalized spacial score (nSPS) is 10.2. The first-order valence-corrected chi connectivity index (χ1v) is 8.42. The van der Waals surface area contributed by atoms with Crippen molar-refractivity contribution in [2.24, 2.45) is 0 Å². The molecule has 0 aliphatic carbocycles. The van der Waals surface area contributed by atoms with Crippen molar-refractivity contribution in [3.8, 4) is 0 Å². The predicted octanol–water partition coefficient (Wildman–Crippen LogP) is 5.59. The molecular weight excluding hydrogens is 318 g/mol. The van der Waals surface area contributed by atoms with Crippen LogP contribution in [0, 0.1) is 0 Å². The molecule has 0 aliphatic rings. The molecule has 1 amide bonds. The van der Waals surface area contributed by atoms with Gasteiger partial charge in [-0.25, -0.2) is 4.79 Å². The number of ether oxygens (including phenoxy) is 1. The monoisotopic (exact) mass is 335 g/mol. The summed E-state index contributed by atoms with van der Waals surface area (Å²) in [5, 5.41) is 2.82. The molecular formula is C20H17NO2S. The van der Waals surface area contributed by atoms with Gasteiger partial charge in [-0.15, -0.1) is 0 Å². The third kappa shape index (κ3) is 4.64. The third-order valence-corrected chi connectivity index (χ3v) is 4.39. The van der Waals surface area contributed by atoms with Crippen molar-refractivity contribution in [1.82, 2.24) is 0 Å². The van der Waals surface area contributed by atoms with Gasteiger partial charge in [0.25, 0.3) is 0 Å². The fraction of sp³-hybridized carbons (Fsp3) is 0.0500. The molecule has 0 aromatic heterocycles. The van der Waals surface area contributed by atoms with E-state index in [1.165, 1.54) is 0 Å². The lowest BCUT2D eigenvalue weighted by Gasteiger charge is -2.11. The van der Waals surface area contributed by atoms with Gasteiger partial charge in [0, 0.05) is 9.79 Å². The molecule has 3 aromatic rings. The highest BCUT2D eigenvalue weighted by Gasteiger charge is 2.08. The van der Waals surface area contributed by atoms with Gasteiger partial charge in [0.1, 0.15) is 6.61 Å². The van der Waals surface area contributed by atoms with Crippen molar-refractivity contribution in [3.05, 3.63) is 90.5 Å². The van der Waals surface area contributed by atoms with E-state index < -0.39 is 6.09 Å². The van der Waals surface area contributed by atoms with E-state index in [2.05, 4.69) is 5.32 Å². The number of amides is 1. The summed E-state index contributed by atoms with van der Waals surface area (Å²) in [5.74, 6) is 0. The van der Waals surface area contributed by atoms with Crippen molar-refractivity contribution in [2.45, 2.75) is 16.4 Å². The zero-order chi connectivity index (χ0) is 16.6. The van der Waals surface area contributed by atoms with E-state index in [4.69, 9.17) is 4.74 Å². The average molecular weight is 335 g/mol. The van der Waals surface area contributed by atoms with Gasteiger partial charge in [-0.05, 0) is 29.8 Å². The Balaban J connectivity index is 1.63. The Morgan fingerprint density at radius 3 is 2.21 bits per heavy atom. The maximum atomic E-state index is 12.0. The maximum absolute atomic E-state index is 12.0. The van der Waals surface area contributed by atoms with Gasteiger partial charge in [0.2, 0.25) is 0 Å². The number of carbonyl (C=O) groups excluding carboxylic acids is 1. The minimum absolute atomic E-state index is 0.251. The number of nitrogens with one attached hydrogen (secondary N) is 1. The molecule has 120 valence electrons. The minimum atomic E-state index is -0.458. The topological polar surface area (TPSA) is 38.3 Å². The average Bonchev–Trinajstić information content (AvgIpc) is 2.63. The van der Waals surface area contributed by atoms with Crippen LogP contribution in [0.3, 0.4) is 0 Å². The van der Waals surface area contributed by atoms with Crippen molar-refractivity contribution in [2.75, 3.05) is 5.32 Å². The number of carbonyl (C=O) groups is 1. The zero-order valence-corrected chi connectivity index (χ0v) is 13.8. The number of benzene rings is 3. The van der Waals surface area contributed by atoms with Crippen molar-refractivity contribution < 1.29 is 9.53 Å². The number of hydrogen-bond acceptors (Lipinski definition) is 3. The zero-order valence-electron chi connectivity index (χ0n) is 13.0. The van der Waals surface area contributed by atoms with Crippen LogP contribution in [0.1, 0.15) is 5.56 Å².